The molecule has 0 saturated heterocycles. The molecule has 0 fully saturated rings. The van der Waals surface area contributed by atoms with E-state index in [9.17, 15) is 9.90 Å². The number of ether oxygens (including phenoxy) is 2. The fourth-order valence-electron chi connectivity index (χ4n) is 2.05. The Kier molecular flexibility index (Phi) is 8.74. The Morgan fingerprint density at radius 3 is 2.46 bits per heavy atom. The average molecular weight is 465 g/mol. The summed E-state index contributed by atoms with van der Waals surface area (Å²) in [6.07, 6.45) is 0. The van der Waals surface area contributed by atoms with Crippen LogP contribution in [0.25, 0.3) is 0 Å². The number of aliphatic hydroxyl groups is 1. The Labute approximate surface area is 183 Å². The molecule has 0 saturated carbocycles. The van der Waals surface area contributed by atoms with Crippen molar-refractivity contribution >= 4 is 58.2 Å². The Hall–Kier alpha value is -1.15. The maximum absolute atomic E-state index is 12.6. The molecule has 152 valence electrons. The summed E-state index contributed by atoms with van der Waals surface area (Å²) < 4.78 is 10.4. The molecule has 0 aliphatic heterocycles. The van der Waals surface area contributed by atoms with Crippen LogP contribution in [0, 0.1) is 0 Å². The molecule has 28 heavy (non-hydrogen) atoms. The van der Waals surface area contributed by atoms with Gasteiger partial charge in [-0.15, -0.1) is 11.8 Å². The Bertz CT molecular complexity index is 816. The van der Waals surface area contributed by atoms with Gasteiger partial charge in [-0.2, -0.15) is 0 Å². The summed E-state index contributed by atoms with van der Waals surface area (Å²) in [6.45, 7) is 2.11. The highest BCUT2D eigenvalue weighted by atomic mass is 35.5. The van der Waals surface area contributed by atoms with Crippen molar-refractivity contribution in [2.24, 2.45) is 0 Å². The molecular formula is C19H20Cl3NO4S. The molecule has 0 bridgehead atoms. The number of carbonyl (C=O) groups excluding carboxylic acids is 1. The number of amides is 1. The van der Waals surface area contributed by atoms with Gasteiger partial charge < -0.3 is 19.9 Å². The molecule has 0 aliphatic carbocycles. The number of methoxy groups -OCH3 is 1. The molecule has 1 amide bonds. The Balaban J connectivity index is 2.05. The van der Waals surface area contributed by atoms with E-state index < -0.39 is 11.5 Å². The van der Waals surface area contributed by atoms with E-state index in [4.69, 9.17) is 44.3 Å². The molecule has 2 N–H and O–H groups in total. The molecule has 0 unspecified atom stereocenters. The third-order valence-electron chi connectivity index (χ3n) is 3.64. The van der Waals surface area contributed by atoms with Crippen molar-refractivity contribution in [2.45, 2.75) is 17.4 Å². The van der Waals surface area contributed by atoms with Gasteiger partial charge in [0.15, 0.2) is 0 Å². The lowest BCUT2D eigenvalue weighted by atomic mass is 10.1. The maximum Gasteiger partial charge on any atom is 0.256 e. The van der Waals surface area contributed by atoms with Gasteiger partial charge in [-0.05, 0) is 37.3 Å². The second-order valence-electron chi connectivity index (χ2n) is 6.07. The van der Waals surface area contributed by atoms with Crippen molar-refractivity contribution in [1.29, 1.82) is 0 Å². The van der Waals surface area contributed by atoms with Gasteiger partial charge in [-0.3, -0.25) is 4.79 Å². The third-order valence-corrected chi connectivity index (χ3v) is 5.81. The van der Waals surface area contributed by atoms with E-state index in [0.29, 0.717) is 34.7 Å². The molecule has 2 rings (SSSR count). The number of carbonyl (C=O) groups is 1. The first-order valence-corrected chi connectivity index (χ1v) is 10.4. The highest BCUT2D eigenvalue weighted by molar-refractivity contribution is 7.99. The van der Waals surface area contributed by atoms with Crippen LogP contribution < -0.4 is 10.1 Å². The van der Waals surface area contributed by atoms with Gasteiger partial charge in [0.1, 0.15) is 18.0 Å². The highest BCUT2D eigenvalue weighted by Gasteiger charge is 2.31. The standard InChI is InChI=1S/C19H20Cl3NO4S/c1-19(25,11-28-13-5-3-12(20)4-6-13)18(24)23-16-10-17(27-8-7-26-2)15(22)9-14(16)21/h3-6,9-10,25H,7-8,11H2,1-2H3,(H,23,24)/t19-/m1/s1. The predicted octanol–water partition coefficient (Wildman–Crippen LogP) is 5.15. The van der Waals surface area contributed by atoms with Crippen LogP contribution >= 0.6 is 46.6 Å². The first-order chi connectivity index (χ1) is 13.2. The van der Waals surface area contributed by atoms with E-state index in [2.05, 4.69) is 5.32 Å². The first-order valence-electron chi connectivity index (χ1n) is 8.26. The van der Waals surface area contributed by atoms with Gasteiger partial charge in [0.25, 0.3) is 5.91 Å². The molecular weight excluding hydrogens is 445 g/mol. The monoisotopic (exact) mass is 463 g/mol. The molecule has 2 aromatic rings. The van der Waals surface area contributed by atoms with Gasteiger partial charge in [0.05, 0.1) is 22.3 Å². The van der Waals surface area contributed by atoms with Crippen LogP contribution in [0.5, 0.6) is 5.75 Å². The third kappa shape index (κ3) is 6.72. The van der Waals surface area contributed by atoms with Crippen molar-refractivity contribution in [1.82, 2.24) is 0 Å². The summed E-state index contributed by atoms with van der Waals surface area (Å²) in [5, 5.41) is 14.4. The van der Waals surface area contributed by atoms with Crippen molar-refractivity contribution in [3.63, 3.8) is 0 Å². The number of nitrogens with one attached hydrogen (secondary N) is 1. The van der Waals surface area contributed by atoms with Gasteiger partial charge in [0.2, 0.25) is 0 Å². The molecule has 0 aliphatic rings. The van der Waals surface area contributed by atoms with Crippen molar-refractivity contribution < 1.29 is 19.4 Å². The van der Waals surface area contributed by atoms with E-state index >= 15 is 0 Å². The lowest BCUT2D eigenvalue weighted by Gasteiger charge is -2.22. The predicted molar refractivity (Wildman–Crippen MR) is 115 cm³/mol. The Morgan fingerprint density at radius 2 is 1.82 bits per heavy atom. The van der Waals surface area contributed by atoms with E-state index in [1.807, 2.05) is 12.1 Å². The summed E-state index contributed by atoms with van der Waals surface area (Å²) in [5.41, 5.74) is -1.34. The van der Waals surface area contributed by atoms with E-state index in [-0.39, 0.29) is 10.8 Å². The number of benzene rings is 2. The maximum atomic E-state index is 12.6. The lowest BCUT2D eigenvalue weighted by Crippen LogP contribution is -2.42. The zero-order chi connectivity index (χ0) is 20.7. The second kappa shape index (κ2) is 10.6. The molecule has 2 aromatic carbocycles. The molecule has 0 aromatic heterocycles. The molecule has 9 heteroatoms. The van der Waals surface area contributed by atoms with Crippen LogP contribution in [0.4, 0.5) is 5.69 Å². The summed E-state index contributed by atoms with van der Waals surface area (Å²) in [6, 6.07) is 10.1. The number of anilines is 1. The van der Waals surface area contributed by atoms with E-state index in [0.717, 1.165) is 4.90 Å². The zero-order valence-electron chi connectivity index (χ0n) is 15.3. The quantitative estimate of drug-likeness (QED) is 0.396. The number of halogens is 3. The van der Waals surface area contributed by atoms with Crippen LogP contribution in [-0.4, -0.2) is 42.7 Å². The second-order valence-corrected chi connectivity index (χ2v) is 8.37. The molecule has 5 nitrogen and oxygen atoms in total. The molecule has 0 spiro atoms. The van der Waals surface area contributed by atoms with Crippen molar-refractivity contribution in [3.05, 3.63) is 51.5 Å². The number of hydrogen-bond donors (Lipinski definition) is 2. The van der Waals surface area contributed by atoms with Crippen molar-refractivity contribution in [2.75, 3.05) is 31.4 Å². The minimum atomic E-state index is -1.63. The minimum Gasteiger partial charge on any atom is -0.490 e. The molecule has 0 heterocycles. The van der Waals surface area contributed by atoms with Crippen LogP contribution in [0.1, 0.15) is 6.92 Å². The Morgan fingerprint density at radius 1 is 1.14 bits per heavy atom. The summed E-state index contributed by atoms with van der Waals surface area (Å²) in [4.78, 5) is 13.5. The first kappa shape index (κ1) is 23.1. The van der Waals surface area contributed by atoms with Gasteiger partial charge in [-0.1, -0.05) is 34.8 Å². The average Bonchev–Trinajstić information content (AvgIpc) is 2.65. The fourth-order valence-corrected chi connectivity index (χ4v) is 3.57. The molecule has 0 radical (unpaired) electrons. The zero-order valence-corrected chi connectivity index (χ0v) is 18.4. The fraction of sp³-hybridized carbons (Fsp3) is 0.316. The van der Waals surface area contributed by atoms with Crippen LogP contribution in [-0.2, 0) is 9.53 Å². The number of rotatable bonds is 9. The van der Waals surface area contributed by atoms with Crippen molar-refractivity contribution in [3.8, 4) is 5.75 Å². The summed E-state index contributed by atoms with van der Waals surface area (Å²) in [5.74, 6) is -0.0994. The van der Waals surface area contributed by atoms with Gasteiger partial charge in [0, 0.05) is 28.8 Å². The van der Waals surface area contributed by atoms with Crippen LogP contribution in [0.15, 0.2) is 41.3 Å². The van der Waals surface area contributed by atoms with Crippen LogP contribution in [0.3, 0.4) is 0 Å². The van der Waals surface area contributed by atoms with E-state index in [1.165, 1.54) is 30.8 Å². The summed E-state index contributed by atoms with van der Waals surface area (Å²) >= 11 is 19.5. The highest BCUT2D eigenvalue weighted by Crippen LogP contribution is 2.35. The van der Waals surface area contributed by atoms with E-state index in [1.54, 1.807) is 19.2 Å². The minimum absolute atomic E-state index is 0.142. The normalized spacial score (nSPS) is 13.1. The molecule has 1 atom stereocenters. The largest absolute Gasteiger partial charge is 0.490 e. The topological polar surface area (TPSA) is 67.8 Å². The lowest BCUT2D eigenvalue weighted by molar-refractivity contribution is -0.130. The smallest absolute Gasteiger partial charge is 0.256 e. The number of hydrogen-bond acceptors (Lipinski definition) is 5. The van der Waals surface area contributed by atoms with Crippen LogP contribution in [0.2, 0.25) is 15.1 Å². The SMILES string of the molecule is COCCOc1cc(NC(=O)[C@](C)(O)CSc2ccc(Cl)cc2)c(Cl)cc1Cl. The van der Waals surface area contributed by atoms with Gasteiger partial charge in [-0.25, -0.2) is 0 Å². The number of thioether (sulfide) groups is 1. The summed E-state index contributed by atoms with van der Waals surface area (Å²) in [7, 11) is 1.56. The van der Waals surface area contributed by atoms with Gasteiger partial charge >= 0.3 is 0 Å².